The Morgan fingerprint density at radius 3 is 2.67 bits per heavy atom. The lowest BCUT2D eigenvalue weighted by Gasteiger charge is -2.39. The Labute approximate surface area is 112 Å². The molecule has 1 fully saturated rings. The molecule has 2 N–H and O–H groups in total. The van der Waals surface area contributed by atoms with Gasteiger partial charge in [0, 0.05) is 10.9 Å². The van der Waals surface area contributed by atoms with Crippen LogP contribution in [0.1, 0.15) is 25.3 Å². The van der Waals surface area contributed by atoms with Gasteiger partial charge in [-0.25, -0.2) is 4.79 Å². The van der Waals surface area contributed by atoms with Crippen LogP contribution in [0.3, 0.4) is 0 Å². The van der Waals surface area contributed by atoms with Crippen LogP contribution in [0.4, 0.5) is 5.69 Å². The number of aliphatic carboxylic acids is 1. The number of hydrogen-bond donors (Lipinski definition) is 2. The van der Waals surface area contributed by atoms with Crippen molar-refractivity contribution in [3.63, 3.8) is 0 Å². The van der Waals surface area contributed by atoms with Gasteiger partial charge in [0.2, 0.25) is 0 Å². The van der Waals surface area contributed by atoms with Crippen molar-refractivity contribution >= 4 is 23.4 Å². The third-order valence-electron chi connectivity index (χ3n) is 3.58. The zero-order chi connectivity index (χ0) is 13.2. The van der Waals surface area contributed by atoms with Gasteiger partial charge in [-0.15, -0.1) is 0 Å². The van der Waals surface area contributed by atoms with Gasteiger partial charge in [-0.3, -0.25) is 0 Å². The third kappa shape index (κ3) is 2.48. The Morgan fingerprint density at radius 1 is 1.44 bits per heavy atom. The largest absolute Gasteiger partial charge is 0.479 e. The van der Waals surface area contributed by atoms with E-state index in [1.54, 1.807) is 11.8 Å². The maximum Gasteiger partial charge on any atom is 0.330 e. The van der Waals surface area contributed by atoms with Crippen LogP contribution in [-0.2, 0) is 4.79 Å². The van der Waals surface area contributed by atoms with Crippen molar-refractivity contribution in [3.8, 4) is 0 Å². The van der Waals surface area contributed by atoms with Gasteiger partial charge < -0.3 is 10.4 Å². The van der Waals surface area contributed by atoms with Crippen LogP contribution in [0.15, 0.2) is 24.3 Å². The fraction of sp³-hybridized carbons (Fsp3) is 0.500. The number of carbonyl (C=O) groups is 1. The lowest BCUT2D eigenvalue weighted by Crippen LogP contribution is -2.55. The third-order valence-corrected chi connectivity index (χ3v) is 5.00. The lowest BCUT2D eigenvalue weighted by atomic mass is 9.89. The van der Waals surface area contributed by atoms with Crippen molar-refractivity contribution in [2.24, 2.45) is 0 Å². The van der Waals surface area contributed by atoms with Crippen molar-refractivity contribution in [1.82, 2.24) is 0 Å². The molecule has 0 spiro atoms. The summed E-state index contributed by atoms with van der Waals surface area (Å²) in [5.74, 6) is 0.300. The molecule has 0 saturated carbocycles. The molecule has 1 heterocycles. The van der Waals surface area contributed by atoms with E-state index in [1.165, 1.54) is 5.56 Å². The predicted molar refractivity (Wildman–Crippen MR) is 76.3 cm³/mol. The Morgan fingerprint density at radius 2 is 2.11 bits per heavy atom. The first-order chi connectivity index (χ1) is 8.54. The van der Waals surface area contributed by atoms with Gasteiger partial charge in [-0.1, -0.05) is 24.6 Å². The van der Waals surface area contributed by atoms with Gasteiger partial charge in [0.25, 0.3) is 0 Å². The van der Waals surface area contributed by atoms with Crippen LogP contribution in [0.5, 0.6) is 0 Å². The molecule has 1 aromatic rings. The van der Waals surface area contributed by atoms with E-state index in [4.69, 9.17) is 0 Å². The average Bonchev–Trinajstić information content (AvgIpc) is 2.35. The summed E-state index contributed by atoms with van der Waals surface area (Å²) in [5.41, 5.74) is 1.23. The van der Waals surface area contributed by atoms with E-state index in [-0.39, 0.29) is 5.25 Å². The smallest absolute Gasteiger partial charge is 0.330 e. The molecule has 18 heavy (non-hydrogen) atoms. The molecule has 1 aliphatic rings. The summed E-state index contributed by atoms with van der Waals surface area (Å²) in [6.45, 7) is 4.02. The SMILES string of the molecule is Cc1ccc(NC2(C(=O)O)CCCSC2C)cc1. The molecule has 0 aromatic heterocycles. The Kier molecular flexibility index (Phi) is 3.85. The number of nitrogens with one attached hydrogen (secondary N) is 1. The van der Waals surface area contributed by atoms with Crippen LogP contribution in [0.25, 0.3) is 0 Å². The molecule has 0 aliphatic carbocycles. The van der Waals surface area contributed by atoms with Gasteiger partial charge in [0.15, 0.2) is 0 Å². The minimum Gasteiger partial charge on any atom is -0.479 e. The van der Waals surface area contributed by atoms with Crippen LogP contribution >= 0.6 is 11.8 Å². The van der Waals surface area contributed by atoms with Crippen molar-refractivity contribution < 1.29 is 9.90 Å². The molecule has 0 amide bonds. The van der Waals surface area contributed by atoms with Crippen LogP contribution in [0, 0.1) is 6.92 Å². The maximum absolute atomic E-state index is 11.7. The predicted octanol–water partition coefficient (Wildman–Crippen LogP) is 3.15. The summed E-state index contributed by atoms with van der Waals surface area (Å²) in [4.78, 5) is 11.7. The van der Waals surface area contributed by atoms with Crippen molar-refractivity contribution in [3.05, 3.63) is 29.8 Å². The number of anilines is 1. The molecule has 1 aromatic carbocycles. The highest BCUT2D eigenvalue weighted by Crippen LogP contribution is 2.37. The van der Waals surface area contributed by atoms with Gasteiger partial charge in [-0.2, -0.15) is 11.8 Å². The van der Waals surface area contributed by atoms with Gasteiger partial charge in [0.1, 0.15) is 5.54 Å². The first-order valence-corrected chi connectivity index (χ1v) is 7.29. The topological polar surface area (TPSA) is 49.3 Å². The van der Waals surface area contributed by atoms with Crippen molar-refractivity contribution in [1.29, 1.82) is 0 Å². The van der Waals surface area contributed by atoms with Gasteiger partial charge in [0.05, 0.1) is 0 Å². The first kappa shape index (κ1) is 13.3. The van der Waals surface area contributed by atoms with E-state index in [0.29, 0.717) is 6.42 Å². The molecule has 0 bridgehead atoms. The number of carboxylic acid groups (broad SMARTS) is 1. The molecule has 1 aliphatic heterocycles. The summed E-state index contributed by atoms with van der Waals surface area (Å²) >= 11 is 1.73. The number of thioether (sulfide) groups is 1. The lowest BCUT2D eigenvalue weighted by molar-refractivity contribution is -0.142. The monoisotopic (exact) mass is 265 g/mol. The van der Waals surface area contributed by atoms with E-state index < -0.39 is 11.5 Å². The second-order valence-electron chi connectivity index (χ2n) is 4.88. The summed E-state index contributed by atoms with van der Waals surface area (Å²) in [5, 5.41) is 12.9. The minimum atomic E-state index is -0.835. The second-order valence-corrected chi connectivity index (χ2v) is 6.33. The van der Waals surface area contributed by atoms with Gasteiger partial charge >= 0.3 is 5.97 Å². The molecule has 3 nitrogen and oxygen atoms in total. The molecule has 0 radical (unpaired) electrons. The Bertz CT molecular complexity index is 432. The van der Waals surface area contributed by atoms with E-state index in [9.17, 15) is 9.90 Å². The quantitative estimate of drug-likeness (QED) is 0.881. The number of benzene rings is 1. The highest BCUT2D eigenvalue weighted by atomic mass is 32.2. The van der Waals surface area contributed by atoms with E-state index in [1.807, 2.05) is 38.1 Å². The molecule has 1 saturated heterocycles. The Hall–Kier alpha value is -1.16. The zero-order valence-electron chi connectivity index (χ0n) is 10.8. The highest BCUT2D eigenvalue weighted by Gasteiger charge is 2.45. The number of rotatable bonds is 3. The molecular weight excluding hydrogens is 246 g/mol. The zero-order valence-corrected chi connectivity index (χ0v) is 11.6. The normalized spacial score (nSPS) is 27.8. The molecule has 2 unspecified atom stereocenters. The van der Waals surface area contributed by atoms with Crippen molar-refractivity contribution in [2.45, 2.75) is 37.5 Å². The molecule has 98 valence electrons. The summed E-state index contributed by atoms with van der Waals surface area (Å²) in [6, 6.07) is 7.90. The van der Waals surface area contributed by atoms with E-state index in [0.717, 1.165) is 17.9 Å². The Balaban J connectivity index is 2.25. The van der Waals surface area contributed by atoms with Crippen LogP contribution < -0.4 is 5.32 Å². The van der Waals surface area contributed by atoms with Gasteiger partial charge in [-0.05, 0) is 37.7 Å². The molecular formula is C14H19NO2S. The van der Waals surface area contributed by atoms with Crippen LogP contribution in [0.2, 0.25) is 0 Å². The number of hydrogen-bond acceptors (Lipinski definition) is 3. The number of aryl methyl sites for hydroxylation is 1. The van der Waals surface area contributed by atoms with Crippen molar-refractivity contribution in [2.75, 3.05) is 11.1 Å². The summed E-state index contributed by atoms with van der Waals surface area (Å²) < 4.78 is 0. The standard InChI is InChI=1S/C14H19NO2S/c1-10-4-6-12(7-5-10)15-14(13(16)17)8-3-9-18-11(14)2/h4-7,11,15H,3,8-9H2,1-2H3,(H,16,17). The van der Waals surface area contributed by atoms with Crippen LogP contribution in [-0.4, -0.2) is 27.6 Å². The molecule has 4 heteroatoms. The second kappa shape index (κ2) is 5.22. The fourth-order valence-electron chi connectivity index (χ4n) is 2.35. The number of carboxylic acids is 1. The fourth-order valence-corrected chi connectivity index (χ4v) is 3.58. The minimum absolute atomic E-state index is 0.0741. The highest BCUT2D eigenvalue weighted by molar-refractivity contribution is 8.00. The first-order valence-electron chi connectivity index (χ1n) is 6.24. The van der Waals surface area contributed by atoms with E-state index in [2.05, 4.69) is 5.32 Å². The maximum atomic E-state index is 11.7. The van der Waals surface area contributed by atoms with E-state index >= 15 is 0 Å². The summed E-state index contributed by atoms with van der Waals surface area (Å²) in [6.07, 6.45) is 1.63. The summed E-state index contributed by atoms with van der Waals surface area (Å²) in [7, 11) is 0. The molecule has 2 atom stereocenters. The average molecular weight is 265 g/mol. The molecule has 2 rings (SSSR count).